The highest BCUT2D eigenvalue weighted by atomic mass is 19.3. The maximum atomic E-state index is 11.7. The molecule has 5 heteroatoms. The summed E-state index contributed by atoms with van der Waals surface area (Å²) in [6.07, 6.45) is -2.38. The second-order valence-corrected chi connectivity index (χ2v) is 2.28. The Kier molecular flexibility index (Phi) is 4.69. The van der Waals surface area contributed by atoms with Gasteiger partial charge >= 0.3 is 5.97 Å². The Morgan fingerprint density at radius 2 is 2.09 bits per heavy atom. The minimum Gasteiger partial charge on any atom is -0.481 e. The van der Waals surface area contributed by atoms with E-state index in [1.165, 1.54) is 0 Å². The van der Waals surface area contributed by atoms with E-state index in [1.807, 2.05) is 0 Å². The Balaban J connectivity index is 3.31. The summed E-state index contributed by atoms with van der Waals surface area (Å²) < 4.78 is 23.4. The molecule has 3 N–H and O–H groups in total. The molecular weight excluding hydrogens is 156 g/mol. The van der Waals surface area contributed by atoms with Gasteiger partial charge in [0.15, 0.2) is 0 Å². The molecule has 0 spiro atoms. The molecule has 0 bridgehead atoms. The molecule has 1 unspecified atom stereocenters. The van der Waals surface area contributed by atoms with Gasteiger partial charge in [0.25, 0.3) is 6.43 Å². The van der Waals surface area contributed by atoms with E-state index in [4.69, 9.17) is 10.8 Å². The maximum absolute atomic E-state index is 11.7. The molecule has 0 aromatic heterocycles. The number of nitrogens with two attached hydrogens (primary N) is 1. The lowest BCUT2D eigenvalue weighted by atomic mass is 10.1. The third-order valence-corrected chi connectivity index (χ3v) is 1.25. The largest absolute Gasteiger partial charge is 0.481 e. The van der Waals surface area contributed by atoms with E-state index >= 15 is 0 Å². The first-order valence-electron chi connectivity index (χ1n) is 3.29. The number of carboxylic acids is 1. The summed E-state index contributed by atoms with van der Waals surface area (Å²) in [5.41, 5.74) is 4.96. The Morgan fingerprint density at radius 3 is 2.45 bits per heavy atom. The first kappa shape index (κ1) is 10.3. The number of alkyl halides is 2. The summed E-state index contributed by atoms with van der Waals surface area (Å²) in [6.45, 7) is 0. The monoisotopic (exact) mass is 167 g/mol. The van der Waals surface area contributed by atoms with Gasteiger partial charge in [-0.05, 0) is 12.8 Å². The molecule has 0 aromatic rings. The number of hydrogen-bond acceptors (Lipinski definition) is 2. The molecular formula is C6H11F2NO2. The van der Waals surface area contributed by atoms with Crippen LogP contribution in [-0.2, 0) is 4.79 Å². The standard InChI is InChI=1S/C6H11F2NO2/c7-6(8)4(9)2-1-3-5(10)11/h4,6H,1-3,9H2,(H,10,11). The number of aliphatic carboxylic acids is 1. The van der Waals surface area contributed by atoms with Crippen LogP contribution in [0.2, 0.25) is 0 Å². The van der Waals surface area contributed by atoms with Crippen LogP contribution in [0.15, 0.2) is 0 Å². The molecule has 0 fully saturated rings. The van der Waals surface area contributed by atoms with Crippen LogP contribution < -0.4 is 5.73 Å². The van der Waals surface area contributed by atoms with Crippen LogP contribution in [0.25, 0.3) is 0 Å². The first-order valence-corrected chi connectivity index (χ1v) is 3.29. The summed E-state index contributed by atoms with van der Waals surface area (Å²) in [7, 11) is 0. The fourth-order valence-electron chi connectivity index (χ4n) is 0.615. The summed E-state index contributed by atoms with van der Waals surface area (Å²) in [6, 6.07) is -1.19. The zero-order valence-corrected chi connectivity index (χ0v) is 5.96. The van der Waals surface area contributed by atoms with Gasteiger partial charge in [0.1, 0.15) is 0 Å². The fourth-order valence-corrected chi connectivity index (χ4v) is 0.615. The number of carbonyl (C=O) groups is 1. The van der Waals surface area contributed by atoms with Crippen molar-refractivity contribution in [2.75, 3.05) is 0 Å². The molecule has 3 nitrogen and oxygen atoms in total. The summed E-state index contributed by atoms with van der Waals surface area (Å²) in [5.74, 6) is -0.980. The third-order valence-electron chi connectivity index (χ3n) is 1.25. The van der Waals surface area contributed by atoms with Crippen molar-refractivity contribution in [3.63, 3.8) is 0 Å². The molecule has 0 aromatic carbocycles. The predicted molar refractivity (Wildman–Crippen MR) is 35.5 cm³/mol. The van der Waals surface area contributed by atoms with Gasteiger partial charge in [-0.2, -0.15) is 0 Å². The van der Waals surface area contributed by atoms with Crippen LogP contribution in [0.5, 0.6) is 0 Å². The number of hydrogen-bond donors (Lipinski definition) is 2. The smallest absolute Gasteiger partial charge is 0.303 e. The van der Waals surface area contributed by atoms with Gasteiger partial charge in [0, 0.05) is 6.42 Å². The van der Waals surface area contributed by atoms with Crippen LogP contribution >= 0.6 is 0 Å². The van der Waals surface area contributed by atoms with E-state index < -0.39 is 18.4 Å². The minimum atomic E-state index is -2.55. The molecule has 0 aliphatic rings. The average molecular weight is 167 g/mol. The zero-order chi connectivity index (χ0) is 8.85. The maximum Gasteiger partial charge on any atom is 0.303 e. The van der Waals surface area contributed by atoms with E-state index in [9.17, 15) is 13.6 Å². The lowest BCUT2D eigenvalue weighted by Gasteiger charge is -2.07. The van der Waals surface area contributed by atoms with Gasteiger partial charge in [0.05, 0.1) is 6.04 Å². The van der Waals surface area contributed by atoms with Crippen LogP contribution in [0.1, 0.15) is 19.3 Å². The van der Waals surface area contributed by atoms with E-state index in [-0.39, 0.29) is 19.3 Å². The first-order chi connectivity index (χ1) is 5.04. The summed E-state index contributed by atoms with van der Waals surface area (Å²) in [4.78, 5) is 9.92. The van der Waals surface area contributed by atoms with Crippen molar-refractivity contribution in [3.05, 3.63) is 0 Å². The molecule has 0 radical (unpaired) electrons. The highest BCUT2D eigenvalue weighted by Gasteiger charge is 2.14. The molecule has 1 atom stereocenters. The zero-order valence-electron chi connectivity index (χ0n) is 5.96. The highest BCUT2D eigenvalue weighted by Crippen LogP contribution is 2.06. The topological polar surface area (TPSA) is 63.3 Å². The molecule has 0 rings (SSSR count). The number of halogens is 2. The van der Waals surface area contributed by atoms with Gasteiger partial charge < -0.3 is 10.8 Å². The molecule has 0 aliphatic heterocycles. The van der Waals surface area contributed by atoms with Crippen molar-refractivity contribution < 1.29 is 18.7 Å². The third kappa shape index (κ3) is 5.72. The molecule has 66 valence electrons. The van der Waals surface area contributed by atoms with Crippen molar-refractivity contribution in [2.24, 2.45) is 5.73 Å². The van der Waals surface area contributed by atoms with Gasteiger partial charge in [-0.1, -0.05) is 0 Å². The van der Waals surface area contributed by atoms with Crippen LogP contribution in [0, 0.1) is 0 Å². The quantitative estimate of drug-likeness (QED) is 0.637. The average Bonchev–Trinajstić information content (AvgIpc) is 1.86. The Bertz CT molecular complexity index is 130. The van der Waals surface area contributed by atoms with E-state index in [1.54, 1.807) is 0 Å². The lowest BCUT2D eigenvalue weighted by Crippen LogP contribution is -2.28. The van der Waals surface area contributed by atoms with E-state index in [2.05, 4.69) is 0 Å². The van der Waals surface area contributed by atoms with Gasteiger partial charge in [-0.15, -0.1) is 0 Å². The summed E-state index contributed by atoms with van der Waals surface area (Å²) in [5, 5.41) is 8.14. The summed E-state index contributed by atoms with van der Waals surface area (Å²) >= 11 is 0. The van der Waals surface area contributed by atoms with Crippen molar-refractivity contribution in [3.8, 4) is 0 Å². The van der Waals surface area contributed by atoms with E-state index in [0.717, 1.165) is 0 Å². The molecule has 0 heterocycles. The fraction of sp³-hybridized carbons (Fsp3) is 0.833. The second kappa shape index (κ2) is 5.01. The highest BCUT2D eigenvalue weighted by molar-refractivity contribution is 5.66. The van der Waals surface area contributed by atoms with Crippen molar-refractivity contribution >= 4 is 5.97 Å². The number of rotatable bonds is 5. The molecule has 0 saturated heterocycles. The van der Waals surface area contributed by atoms with E-state index in [0.29, 0.717) is 0 Å². The van der Waals surface area contributed by atoms with Crippen molar-refractivity contribution in [2.45, 2.75) is 31.7 Å². The lowest BCUT2D eigenvalue weighted by molar-refractivity contribution is -0.137. The number of carboxylic acid groups (broad SMARTS) is 1. The normalized spacial score (nSPS) is 13.5. The SMILES string of the molecule is NC(CCCC(=O)O)C(F)F. The Hall–Kier alpha value is -0.710. The molecule has 0 aliphatic carbocycles. The van der Waals surface area contributed by atoms with Gasteiger partial charge in [-0.25, -0.2) is 8.78 Å². The van der Waals surface area contributed by atoms with Crippen molar-refractivity contribution in [1.29, 1.82) is 0 Å². The molecule has 0 saturated carbocycles. The minimum absolute atomic E-state index is 0.0595. The van der Waals surface area contributed by atoms with Crippen LogP contribution in [0.4, 0.5) is 8.78 Å². The predicted octanol–water partition coefficient (Wildman–Crippen LogP) is 0.834. The Labute approximate surface area is 63.2 Å². The molecule has 11 heavy (non-hydrogen) atoms. The van der Waals surface area contributed by atoms with Crippen LogP contribution in [0.3, 0.4) is 0 Å². The van der Waals surface area contributed by atoms with Crippen LogP contribution in [-0.4, -0.2) is 23.5 Å². The second-order valence-electron chi connectivity index (χ2n) is 2.28. The molecule has 0 amide bonds. The van der Waals surface area contributed by atoms with Gasteiger partial charge in [0.2, 0.25) is 0 Å². The van der Waals surface area contributed by atoms with Gasteiger partial charge in [-0.3, -0.25) is 4.79 Å². The Morgan fingerprint density at radius 1 is 1.55 bits per heavy atom. The van der Waals surface area contributed by atoms with Crippen molar-refractivity contribution in [1.82, 2.24) is 0 Å².